The highest BCUT2D eigenvalue weighted by molar-refractivity contribution is 7.92. The lowest BCUT2D eigenvalue weighted by atomic mass is 10.2. The predicted octanol–water partition coefficient (Wildman–Crippen LogP) is 1.34. The standard InChI is InChI=1S/C17H21N5O5S2/c1-4-18-13-7-6-12(29(26,27)22(2)3)10-16(13)21-28(24,25)11-5-8-14-15(9-11)20-17(23)19-14/h5-10,18,21H,4H2,1-3H3,(H2,19,20,23). The molecule has 0 aliphatic rings. The molecule has 0 saturated carbocycles. The number of fused-ring (bicyclic) bond motifs is 1. The van der Waals surface area contributed by atoms with Gasteiger partial charge in [0.15, 0.2) is 0 Å². The number of sulfonamides is 2. The van der Waals surface area contributed by atoms with E-state index >= 15 is 0 Å². The number of hydrogen-bond donors (Lipinski definition) is 4. The van der Waals surface area contributed by atoms with Crippen LogP contribution in [0.25, 0.3) is 11.0 Å². The Kier molecular flexibility index (Phi) is 5.43. The van der Waals surface area contributed by atoms with Gasteiger partial charge >= 0.3 is 5.69 Å². The molecule has 0 bridgehead atoms. The van der Waals surface area contributed by atoms with E-state index in [-0.39, 0.29) is 15.5 Å². The van der Waals surface area contributed by atoms with Gasteiger partial charge in [-0.3, -0.25) is 4.72 Å². The van der Waals surface area contributed by atoms with Gasteiger partial charge in [-0.05, 0) is 43.3 Å². The van der Waals surface area contributed by atoms with Crippen LogP contribution in [-0.2, 0) is 20.0 Å². The van der Waals surface area contributed by atoms with E-state index in [0.717, 1.165) is 4.31 Å². The van der Waals surface area contributed by atoms with Crippen molar-refractivity contribution in [2.24, 2.45) is 0 Å². The lowest BCUT2D eigenvalue weighted by Crippen LogP contribution is -2.22. The summed E-state index contributed by atoms with van der Waals surface area (Å²) in [4.78, 5) is 16.3. The lowest BCUT2D eigenvalue weighted by Gasteiger charge is -2.17. The lowest BCUT2D eigenvalue weighted by molar-refractivity contribution is 0.521. The highest BCUT2D eigenvalue weighted by Crippen LogP contribution is 2.29. The summed E-state index contributed by atoms with van der Waals surface area (Å²) in [6, 6.07) is 8.32. The third kappa shape index (κ3) is 4.13. The molecule has 29 heavy (non-hydrogen) atoms. The van der Waals surface area contributed by atoms with E-state index in [1.165, 1.54) is 50.5 Å². The van der Waals surface area contributed by atoms with Crippen LogP contribution in [0.4, 0.5) is 11.4 Å². The predicted molar refractivity (Wildman–Crippen MR) is 111 cm³/mol. The number of imidazole rings is 1. The van der Waals surface area contributed by atoms with Crippen molar-refractivity contribution >= 4 is 42.5 Å². The Morgan fingerprint density at radius 2 is 1.55 bits per heavy atom. The van der Waals surface area contributed by atoms with Crippen LogP contribution in [0.1, 0.15) is 6.92 Å². The first-order valence-corrected chi connectivity index (χ1v) is 11.5. The molecule has 4 N–H and O–H groups in total. The molecule has 10 nitrogen and oxygen atoms in total. The fraction of sp³-hybridized carbons (Fsp3) is 0.235. The Bertz CT molecular complexity index is 1320. The molecule has 3 aromatic rings. The topological polar surface area (TPSA) is 144 Å². The second-order valence-electron chi connectivity index (χ2n) is 6.42. The molecule has 0 unspecified atom stereocenters. The minimum absolute atomic E-state index is 0.0488. The number of nitrogens with zero attached hydrogens (tertiary/aromatic N) is 1. The van der Waals surface area contributed by atoms with E-state index in [4.69, 9.17) is 0 Å². The number of rotatable bonds is 7. The van der Waals surface area contributed by atoms with Gasteiger partial charge in [0.25, 0.3) is 10.0 Å². The zero-order chi connectivity index (χ0) is 21.4. The minimum atomic E-state index is -4.05. The third-order valence-corrected chi connectivity index (χ3v) is 7.35. The van der Waals surface area contributed by atoms with Crippen LogP contribution in [-0.4, -0.2) is 51.7 Å². The van der Waals surface area contributed by atoms with Crippen molar-refractivity contribution in [3.05, 3.63) is 46.9 Å². The maximum absolute atomic E-state index is 12.9. The molecule has 3 rings (SSSR count). The Hall–Kier alpha value is -2.83. The third-order valence-electron chi connectivity index (χ3n) is 4.18. The highest BCUT2D eigenvalue weighted by atomic mass is 32.2. The van der Waals surface area contributed by atoms with Gasteiger partial charge in [-0.1, -0.05) is 0 Å². The molecule has 0 saturated heterocycles. The van der Waals surface area contributed by atoms with Crippen LogP contribution in [0.15, 0.2) is 51.0 Å². The molecule has 12 heteroatoms. The van der Waals surface area contributed by atoms with Crippen LogP contribution in [0.5, 0.6) is 0 Å². The number of aromatic amines is 2. The van der Waals surface area contributed by atoms with Gasteiger partial charge in [0.2, 0.25) is 10.0 Å². The van der Waals surface area contributed by atoms with E-state index in [2.05, 4.69) is 20.0 Å². The van der Waals surface area contributed by atoms with E-state index in [1.54, 1.807) is 0 Å². The first-order chi connectivity index (χ1) is 13.5. The fourth-order valence-corrected chi connectivity index (χ4v) is 4.73. The van der Waals surface area contributed by atoms with Gasteiger partial charge in [0, 0.05) is 20.6 Å². The van der Waals surface area contributed by atoms with Crippen molar-refractivity contribution in [2.45, 2.75) is 16.7 Å². The zero-order valence-corrected chi connectivity index (χ0v) is 17.6. The summed E-state index contributed by atoms with van der Waals surface area (Å²) in [5.74, 6) is 0. The molecule has 2 aromatic carbocycles. The molecular weight excluding hydrogens is 418 g/mol. The number of aromatic nitrogens is 2. The molecule has 0 aliphatic heterocycles. The smallest absolute Gasteiger partial charge is 0.323 e. The van der Waals surface area contributed by atoms with Crippen molar-refractivity contribution in [1.29, 1.82) is 0 Å². The fourth-order valence-electron chi connectivity index (χ4n) is 2.71. The number of nitrogens with one attached hydrogen (secondary N) is 4. The van der Waals surface area contributed by atoms with Crippen LogP contribution >= 0.6 is 0 Å². The zero-order valence-electron chi connectivity index (χ0n) is 16.0. The normalized spacial score (nSPS) is 12.4. The average molecular weight is 440 g/mol. The van der Waals surface area contributed by atoms with Gasteiger partial charge in [-0.25, -0.2) is 25.9 Å². The van der Waals surface area contributed by atoms with Crippen LogP contribution in [0, 0.1) is 0 Å². The van der Waals surface area contributed by atoms with Crippen molar-refractivity contribution in [2.75, 3.05) is 30.7 Å². The van der Waals surface area contributed by atoms with Gasteiger partial charge in [-0.15, -0.1) is 0 Å². The number of H-pyrrole nitrogens is 2. The molecule has 0 radical (unpaired) electrons. The largest absolute Gasteiger partial charge is 0.384 e. The summed E-state index contributed by atoms with van der Waals surface area (Å²) in [5.41, 5.74) is 0.899. The SMILES string of the molecule is CCNc1ccc(S(=O)(=O)N(C)C)cc1NS(=O)(=O)c1ccc2[nH]c(=O)[nH]c2c1. The molecule has 0 spiro atoms. The summed E-state index contributed by atoms with van der Waals surface area (Å²) in [6.07, 6.45) is 0. The second-order valence-corrected chi connectivity index (χ2v) is 10.3. The van der Waals surface area contributed by atoms with E-state index < -0.39 is 25.7 Å². The quantitative estimate of drug-likeness (QED) is 0.437. The van der Waals surface area contributed by atoms with Gasteiger partial charge in [0.05, 0.1) is 32.2 Å². The van der Waals surface area contributed by atoms with Crippen molar-refractivity contribution < 1.29 is 16.8 Å². The van der Waals surface area contributed by atoms with Gasteiger partial charge in [-0.2, -0.15) is 0 Å². The molecule has 0 aliphatic carbocycles. The highest BCUT2D eigenvalue weighted by Gasteiger charge is 2.22. The summed E-state index contributed by atoms with van der Waals surface area (Å²) >= 11 is 0. The van der Waals surface area contributed by atoms with E-state index in [1.807, 2.05) is 6.92 Å². The second kappa shape index (κ2) is 7.54. The minimum Gasteiger partial charge on any atom is -0.384 e. The van der Waals surface area contributed by atoms with Gasteiger partial charge < -0.3 is 15.3 Å². The number of hydrogen-bond acceptors (Lipinski definition) is 6. The van der Waals surface area contributed by atoms with Crippen LogP contribution in [0.2, 0.25) is 0 Å². The molecular formula is C17H21N5O5S2. The van der Waals surface area contributed by atoms with Crippen molar-refractivity contribution in [3.8, 4) is 0 Å². The van der Waals surface area contributed by atoms with E-state index in [9.17, 15) is 21.6 Å². The summed E-state index contributed by atoms with van der Waals surface area (Å²) in [5, 5.41) is 3.00. The Labute approximate surface area is 168 Å². The first-order valence-electron chi connectivity index (χ1n) is 8.60. The van der Waals surface area contributed by atoms with Crippen LogP contribution < -0.4 is 15.7 Å². The molecule has 0 amide bonds. The first kappa shape index (κ1) is 20.9. The Morgan fingerprint density at radius 1 is 0.897 bits per heavy atom. The average Bonchev–Trinajstić information content (AvgIpc) is 3.02. The molecule has 1 heterocycles. The Morgan fingerprint density at radius 3 is 2.21 bits per heavy atom. The monoisotopic (exact) mass is 439 g/mol. The summed E-state index contributed by atoms with van der Waals surface area (Å²) in [7, 11) is -5.02. The van der Waals surface area contributed by atoms with Crippen LogP contribution in [0.3, 0.4) is 0 Å². The summed E-state index contributed by atoms with van der Waals surface area (Å²) < 4.78 is 54.1. The molecule has 0 fully saturated rings. The molecule has 0 atom stereocenters. The summed E-state index contributed by atoms with van der Waals surface area (Å²) in [6.45, 7) is 2.34. The Balaban J connectivity index is 2.06. The van der Waals surface area contributed by atoms with Gasteiger partial charge in [0.1, 0.15) is 0 Å². The van der Waals surface area contributed by atoms with Crippen molar-refractivity contribution in [3.63, 3.8) is 0 Å². The number of anilines is 2. The van der Waals surface area contributed by atoms with Crippen molar-refractivity contribution in [1.82, 2.24) is 14.3 Å². The molecule has 156 valence electrons. The van der Waals surface area contributed by atoms with E-state index in [0.29, 0.717) is 23.3 Å². The molecule has 1 aromatic heterocycles. The number of benzene rings is 2. The maximum Gasteiger partial charge on any atom is 0.323 e. The maximum atomic E-state index is 12.9.